The molecule has 0 spiro atoms. The average molecular weight is 262 g/mol. The van der Waals surface area contributed by atoms with E-state index in [-0.39, 0.29) is 5.91 Å². The van der Waals surface area contributed by atoms with Gasteiger partial charge in [0.25, 0.3) is 5.91 Å². The van der Waals surface area contributed by atoms with Gasteiger partial charge in [0, 0.05) is 7.11 Å². The van der Waals surface area contributed by atoms with Crippen molar-refractivity contribution in [3.05, 3.63) is 28.2 Å². The molecular weight excluding hydrogens is 249 g/mol. The standard InChI is InChI=1S/C11H13Cl2NO2/c1-11(2,16-3)10(15)14-9-7(12)5-4-6-8(9)13/h4-6H,1-3H3,(H,14,15). The molecule has 0 unspecified atom stereocenters. The Labute approximate surface area is 105 Å². The number of nitrogens with one attached hydrogen (secondary N) is 1. The van der Waals surface area contributed by atoms with Crippen molar-refractivity contribution >= 4 is 34.8 Å². The first-order chi connectivity index (χ1) is 7.38. The Hall–Kier alpha value is -0.770. The van der Waals surface area contributed by atoms with Gasteiger partial charge in [-0.05, 0) is 26.0 Å². The van der Waals surface area contributed by atoms with Crippen LogP contribution in [0.15, 0.2) is 18.2 Å². The van der Waals surface area contributed by atoms with Crippen LogP contribution in [0.5, 0.6) is 0 Å². The van der Waals surface area contributed by atoms with Gasteiger partial charge in [0.05, 0.1) is 15.7 Å². The molecule has 5 heteroatoms. The summed E-state index contributed by atoms with van der Waals surface area (Å²) in [5.41, 5.74) is -0.524. The smallest absolute Gasteiger partial charge is 0.256 e. The van der Waals surface area contributed by atoms with Gasteiger partial charge in [-0.3, -0.25) is 4.79 Å². The lowest BCUT2D eigenvalue weighted by Crippen LogP contribution is -2.38. The minimum Gasteiger partial charge on any atom is -0.369 e. The number of hydrogen-bond acceptors (Lipinski definition) is 2. The summed E-state index contributed by atoms with van der Waals surface area (Å²) in [6.45, 7) is 3.32. The molecule has 0 fully saturated rings. The number of amides is 1. The monoisotopic (exact) mass is 261 g/mol. The van der Waals surface area contributed by atoms with Crippen molar-refractivity contribution in [3.63, 3.8) is 0 Å². The van der Waals surface area contributed by atoms with E-state index in [1.807, 2.05) is 0 Å². The molecule has 16 heavy (non-hydrogen) atoms. The molecule has 0 saturated carbocycles. The fourth-order valence-electron chi connectivity index (χ4n) is 0.974. The molecule has 0 aliphatic rings. The summed E-state index contributed by atoms with van der Waals surface area (Å²) in [6.07, 6.45) is 0. The Morgan fingerprint density at radius 1 is 1.31 bits per heavy atom. The molecule has 0 aliphatic heterocycles. The summed E-state index contributed by atoms with van der Waals surface area (Å²) in [6, 6.07) is 5.02. The maximum absolute atomic E-state index is 11.8. The highest BCUT2D eigenvalue weighted by molar-refractivity contribution is 6.39. The molecule has 0 atom stereocenters. The van der Waals surface area contributed by atoms with E-state index >= 15 is 0 Å². The molecule has 0 bridgehead atoms. The normalized spacial score (nSPS) is 11.3. The van der Waals surface area contributed by atoms with Crippen molar-refractivity contribution in [1.82, 2.24) is 0 Å². The van der Waals surface area contributed by atoms with Gasteiger partial charge < -0.3 is 10.1 Å². The number of carbonyl (C=O) groups excluding carboxylic acids is 1. The maximum Gasteiger partial charge on any atom is 0.256 e. The summed E-state index contributed by atoms with van der Waals surface area (Å²) >= 11 is 11.9. The quantitative estimate of drug-likeness (QED) is 0.907. The average Bonchev–Trinajstić information content (AvgIpc) is 2.23. The number of para-hydroxylation sites is 1. The lowest BCUT2D eigenvalue weighted by Gasteiger charge is -2.22. The molecule has 0 heterocycles. The predicted octanol–water partition coefficient (Wildman–Crippen LogP) is 3.36. The van der Waals surface area contributed by atoms with E-state index < -0.39 is 5.60 Å². The molecule has 0 aliphatic carbocycles. The highest BCUT2D eigenvalue weighted by Crippen LogP contribution is 2.30. The number of ether oxygens (including phenoxy) is 1. The number of hydrogen-bond donors (Lipinski definition) is 1. The molecular formula is C11H13Cl2NO2. The Morgan fingerprint density at radius 2 is 1.81 bits per heavy atom. The van der Waals surface area contributed by atoms with Gasteiger partial charge in [0.1, 0.15) is 5.60 Å². The number of rotatable bonds is 3. The second kappa shape index (κ2) is 5.04. The molecule has 1 amide bonds. The largest absolute Gasteiger partial charge is 0.369 e. The predicted molar refractivity (Wildman–Crippen MR) is 66.2 cm³/mol. The first-order valence-electron chi connectivity index (χ1n) is 4.69. The van der Waals surface area contributed by atoms with E-state index in [0.717, 1.165) is 0 Å². The second-order valence-electron chi connectivity index (χ2n) is 3.77. The van der Waals surface area contributed by atoms with Crippen LogP contribution in [0.1, 0.15) is 13.8 Å². The molecule has 0 saturated heterocycles. The topological polar surface area (TPSA) is 38.3 Å². The zero-order valence-corrected chi connectivity index (χ0v) is 10.8. The lowest BCUT2D eigenvalue weighted by molar-refractivity contribution is -0.133. The first kappa shape index (κ1) is 13.3. The number of halogens is 2. The van der Waals surface area contributed by atoms with Crippen LogP contribution in [-0.4, -0.2) is 18.6 Å². The van der Waals surface area contributed by atoms with Crippen molar-refractivity contribution in [3.8, 4) is 0 Å². The van der Waals surface area contributed by atoms with E-state index in [2.05, 4.69) is 5.32 Å². The van der Waals surface area contributed by atoms with E-state index in [1.165, 1.54) is 7.11 Å². The van der Waals surface area contributed by atoms with Gasteiger partial charge >= 0.3 is 0 Å². The highest BCUT2D eigenvalue weighted by atomic mass is 35.5. The SMILES string of the molecule is COC(C)(C)C(=O)Nc1c(Cl)cccc1Cl. The fraction of sp³-hybridized carbons (Fsp3) is 0.364. The van der Waals surface area contributed by atoms with Gasteiger partial charge in [-0.25, -0.2) is 0 Å². The number of benzene rings is 1. The Bertz CT molecular complexity index is 385. The van der Waals surface area contributed by atoms with Gasteiger partial charge in [0.15, 0.2) is 0 Å². The Morgan fingerprint density at radius 3 is 2.25 bits per heavy atom. The first-order valence-corrected chi connectivity index (χ1v) is 5.44. The minimum atomic E-state index is -0.928. The van der Waals surface area contributed by atoms with Gasteiger partial charge in [0.2, 0.25) is 0 Å². The molecule has 1 aromatic rings. The van der Waals surface area contributed by atoms with Crippen molar-refractivity contribution in [2.24, 2.45) is 0 Å². The summed E-state index contributed by atoms with van der Waals surface area (Å²) in [7, 11) is 1.47. The van der Waals surface area contributed by atoms with E-state index in [0.29, 0.717) is 15.7 Å². The van der Waals surface area contributed by atoms with Gasteiger partial charge in [-0.2, -0.15) is 0 Å². The number of methoxy groups -OCH3 is 1. The summed E-state index contributed by atoms with van der Waals surface area (Å²) in [5, 5.41) is 3.43. The van der Waals surface area contributed by atoms with Gasteiger partial charge in [-0.15, -0.1) is 0 Å². The second-order valence-corrected chi connectivity index (χ2v) is 4.58. The third-order valence-corrected chi connectivity index (χ3v) is 2.89. The summed E-state index contributed by atoms with van der Waals surface area (Å²) in [4.78, 5) is 11.8. The summed E-state index contributed by atoms with van der Waals surface area (Å²) < 4.78 is 5.05. The maximum atomic E-state index is 11.8. The van der Waals surface area contributed by atoms with E-state index in [4.69, 9.17) is 27.9 Å². The van der Waals surface area contributed by atoms with Crippen LogP contribution in [0.4, 0.5) is 5.69 Å². The van der Waals surface area contributed by atoms with E-state index in [9.17, 15) is 4.79 Å². The van der Waals surface area contributed by atoms with Crippen LogP contribution in [0.2, 0.25) is 10.0 Å². The van der Waals surface area contributed by atoms with Crippen molar-refractivity contribution < 1.29 is 9.53 Å². The van der Waals surface area contributed by atoms with Crippen LogP contribution >= 0.6 is 23.2 Å². The number of anilines is 1. The zero-order valence-electron chi connectivity index (χ0n) is 9.30. The fourth-order valence-corrected chi connectivity index (χ4v) is 1.47. The molecule has 1 rings (SSSR count). The Kier molecular flexibility index (Phi) is 4.19. The zero-order chi connectivity index (χ0) is 12.3. The molecule has 3 nitrogen and oxygen atoms in total. The molecule has 0 radical (unpaired) electrons. The minimum absolute atomic E-state index is 0.301. The van der Waals surface area contributed by atoms with Crippen LogP contribution < -0.4 is 5.32 Å². The third kappa shape index (κ3) is 2.88. The molecule has 0 aromatic heterocycles. The van der Waals surface area contributed by atoms with E-state index in [1.54, 1.807) is 32.0 Å². The van der Waals surface area contributed by atoms with Crippen LogP contribution in [-0.2, 0) is 9.53 Å². The van der Waals surface area contributed by atoms with Crippen LogP contribution in [0.3, 0.4) is 0 Å². The van der Waals surface area contributed by atoms with Crippen molar-refractivity contribution in [2.75, 3.05) is 12.4 Å². The highest BCUT2D eigenvalue weighted by Gasteiger charge is 2.27. The van der Waals surface area contributed by atoms with Gasteiger partial charge in [-0.1, -0.05) is 29.3 Å². The van der Waals surface area contributed by atoms with Crippen LogP contribution in [0.25, 0.3) is 0 Å². The summed E-state index contributed by atoms with van der Waals surface area (Å²) in [5.74, 6) is -0.301. The van der Waals surface area contributed by atoms with Crippen LogP contribution in [0, 0.1) is 0 Å². The molecule has 1 aromatic carbocycles. The Balaban J connectivity index is 2.94. The molecule has 1 N–H and O–H groups in total. The number of carbonyl (C=O) groups is 1. The molecule has 88 valence electrons. The third-order valence-electron chi connectivity index (χ3n) is 2.26. The van der Waals surface area contributed by atoms with Crippen molar-refractivity contribution in [2.45, 2.75) is 19.4 Å². The van der Waals surface area contributed by atoms with Crippen molar-refractivity contribution in [1.29, 1.82) is 0 Å². The lowest BCUT2D eigenvalue weighted by atomic mass is 10.1.